The molecule has 35 heavy (non-hydrogen) atoms. The van der Waals surface area contributed by atoms with Crippen LogP contribution in [0.3, 0.4) is 0 Å². The molecule has 0 saturated carbocycles. The molecule has 5 aromatic rings. The van der Waals surface area contributed by atoms with Gasteiger partial charge >= 0.3 is 0 Å². The Balaban J connectivity index is 1.51. The first-order valence-electron chi connectivity index (χ1n) is 10.5. The number of rotatable bonds is 4. The highest BCUT2D eigenvalue weighted by atomic mass is 32.1. The van der Waals surface area contributed by atoms with Crippen LogP contribution in [-0.4, -0.2) is 21.8 Å². The van der Waals surface area contributed by atoms with Crippen molar-refractivity contribution in [2.45, 2.75) is 6.04 Å². The van der Waals surface area contributed by atoms with E-state index in [1.807, 2.05) is 0 Å². The molecule has 3 heterocycles. The van der Waals surface area contributed by atoms with Gasteiger partial charge in [-0.3, -0.25) is 14.5 Å². The Kier molecular flexibility index (Phi) is 4.75. The Morgan fingerprint density at radius 3 is 2.51 bits per heavy atom. The minimum Gasteiger partial charge on any atom is -0.503 e. The lowest BCUT2D eigenvalue weighted by Gasteiger charge is -2.24. The molecule has 1 atom stereocenters. The van der Waals surface area contributed by atoms with Crippen LogP contribution in [0.5, 0.6) is 0 Å². The van der Waals surface area contributed by atoms with E-state index in [1.165, 1.54) is 53.4 Å². The number of amides is 1. The fraction of sp³-hybridized carbons (Fsp3) is 0.0385. The lowest BCUT2D eigenvalue weighted by Crippen LogP contribution is -2.30. The van der Waals surface area contributed by atoms with Gasteiger partial charge in [-0.15, -0.1) is 0 Å². The van der Waals surface area contributed by atoms with E-state index in [1.54, 1.807) is 24.3 Å². The molecule has 0 spiro atoms. The maximum absolute atomic E-state index is 13.7. The molecule has 0 saturated heterocycles. The van der Waals surface area contributed by atoms with E-state index in [0.29, 0.717) is 26.7 Å². The summed E-state index contributed by atoms with van der Waals surface area (Å²) >= 11 is 1.04. The Bertz CT molecular complexity index is 1650. The van der Waals surface area contributed by atoms with Crippen molar-refractivity contribution in [1.29, 1.82) is 0 Å². The minimum absolute atomic E-state index is 0.0547. The topological polar surface area (TPSA) is 83.6 Å². The molecule has 6 rings (SSSR count). The third-order valence-corrected chi connectivity index (χ3v) is 6.85. The summed E-state index contributed by atoms with van der Waals surface area (Å²) in [6.07, 6.45) is 0. The number of Topliss-reactive ketones (excluding diaryl/α,β-unsaturated/α-hetero) is 1. The number of aromatic nitrogens is 1. The van der Waals surface area contributed by atoms with Gasteiger partial charge in [0, 0.05) is 5.39 Å². The Labute approximate surface area is 200 Å². The lowest BCUT2D eigenvalue weighted by atomic mass is 9.95. The van der Waals surface area contributed by atoms with Gasteiger partial charge in [-0.2, -0.15) is 0 Å². The van der Waals surface area contributed by atoms with Gasteiger partial charge in [0.05, 0.1) is 21.8 Å². The molecular weight excluding hydrogens is 474 g/mol. The number of anilines is 1. The van der Waals surface area contributed by atoms with E-state index in [2.05, 4.69) is 4.98 Å². The highest BCUT2D eigenvalue weighted by Gasteiger charge is 2.46. The second-order valence-electron chi connectivity index (χ2n) is 7.98. The number of para-hydroxylation sites is 1. The maximum atomic E-state index is 13.7. The van der Waals surface area contributed by atoms with Gasteiger partial charge in [0.2, 0.25) is 5.78 Å². The number of fused-ring (bicyclic) bond motifs is 2. The summed E-state index contributed by atoms with van der Waals surface area (Å²) in [5.74, 6) is -3.30. The summed E-state index contributed by atoms with van der Waals surface area (Å²) < 4.78 is 33.6. The Morgan fingerprint density at radius 1 is 1.00 bits per heavy atom. The zero-order valence-corrected chi connectivity index (χ0v) is 18.6. The number of carbonyl (C=O) groups excluding carboxylic acids is 2. The lowest BCUT2D eigenvalue weighted by molar-refractivity contribution is -0.117. The SMILES string of the molecule is O=C(C1=C(O)C(=O)N(c2nc3ccc(F)cc3s2)C1c1ccc(F)cc1)c1cc2ccccc2o1. The van der Waals surface area contributed by atoms with Crippen LogP contribution in [-0.2, 0) is 4.79 Å². The van der Waals surface area contributed by atoms with Crippen molar-refractivity contribution in [3.05, 3.63) is 107 Å². The van der Waals surface area contributed by atoms with Crippen molar-refractivity contribution < 1.29 is 27.9 Å². The number of halogens is 2. The van der Waals surface area contributed by atoms with E-state index in [4.69, 9.17) is 4.42 Å². The van der Waals surface area contributed by atoms with Gasteiger partial charge in [0.15, 0.2) is 16.7 Å². The van der Waals surface area contributed by atoms with Crippen molar-refractivity contribution in [2.75, 3.05) is 4.90 Å². The fourth-order valence-corrected chi connectivity index (χ4v) is 5.23. The molecule has 1 amide bonds. The summed E-state index contributed by atoms with van der Waals surface area (Å²) in [7, 11) is 0. The second-order valence-corrected chi connectivity index (χ2v) is 8.99. The van der Waals surface area contributed by atoms with Crippen LogP contribution in [0.2, 0.25) is 0 Å². The second kappa shape index (κ2) is 7.85. The number of ketones is 1. The summed E-state index contributed by atoms with van der Waals surface area (Å²) in [5.41, 5.74) is 1.09. The Hall–Kier alpha value is -4.37. The number of nitrogens with zero attached hydrogens (tertiary/aromatic N) is 2. The molecule has 9 heteroatoms. The van der Waals surface area contributed by atoms with Crippen LogP contribution < -0.4 is 4.90 Å². The van der Waals surface area contributed by atoms with E-state index < -0.39 is 35.1 Å². The molecule has 1 aliphatic heterocycles. The highest BCUT2D eigenvalue weighted by molar-refractivity contribution is 7.22. The molecule has 0 radical (unpaired) electrons. The van der Waals surface area contributed by atoms with E-state index in [9.17, 15) is 23.5 Å². The number of benzene rings is 3. The van der Waals surface area contributed by atoms with Crippen molar-refractivity contribution in [3.63, 3.8) is 0 Å². The summed E-state index contributed by atoms with van der Waals surface area (Å²) in [6.45, 7) is 0. The van der Waals surface area contributed by atoms with E-state index in [-0.39, 0.29) is 16.5 Å². The average molecular weight is 488 g/mol. The summed E-state index contributed by atoms with van der Waals surface area (Å²) in [6, 6.07) is 16.7. The molecule has 0 fully saturated rings. The molecule has 0 bridgehead atoms. The van der Waals surface area contributed by atoms with E-state index in [0.717, 1.165) is 11.3 Å². The van der Waals surface area contributed by atoms with Gasteiger partial charge in [0.25, 0.3) is 5.91 Å². The zero-order valence-electron chi connectivity index (χ0n) is 17.7. The van der Waals surface area contributed by atoms with Crippen LogP contribution in [0.4, 0.5) is 13.9 Å². The molecule has 1 unspecified atom stereocenters. The number of hydrogen-bond donors (Lipinski definition) is 1. The molecular formula is C26H14F2N2O4S. The highest BCUT2D eigenvalue weighted by Crippen LogP contribution is 2.44. The van der Waals surface area contributed by atoms with Gasteiger partial charge in [-0.1, -0.05) is 41.7 Å². The first-order valence-corrected chi connectivity index (χ1v) is 11.3. The normalized spacial score (nSPS) is 16.1. The van der Waals surface area contributed by atoms with Crippen LogP contribution in [0, 0.1) is 11.6 Å². The molecule has 1 aliphatic rings. The summed E-state index contributed by atoms with van der Waals surface area (Å²) in [4.78, 5) is 32.5. The third kappa shape index (κ3) is 3.39. The first-order chi connectivity index (χ1) is 16.9. The van der Waals surface area contributed by atoms with Crippen LogP contribution in [0.25, 0.3) is 21.2 Å². The van der Waals surface area contributed by atoms with Gasteiger partial charge in [-0.25, -0.2) is 13.8 Å². The number of aliphatic hydroxyl groups is 1. The molecule has 1 N–H and O–H groups in total. The van der Waals surface area contributed by atoms with Gasteiger partial charge in [-0.05, 0) is 48.0 Å². The first kappa shape index (κ1) is 21.2. The van der Waals surface area contributed by atoms with Crippen LogP contribution in [0.1, 0.15) is 22.2 Å². The molecule has 2 aromatic heterocycles. The van der Waals surface area contributed by atoms with Crippen molar-refractivity contribution in [3.8, 4) is 0 Å². The predicted octanol–water partition coefficient (Wildman–Crippen LogP) is 6.10. The van der Waals surface area contributed by atoms with Crippen LogP contribution in [0.15, 0.2) is 88.5 Å². The monoisotopic (exact) mass is 488 g/mol. The largest absolute Gasteiger partial charge is 0.503 e. The summed E-state index contributed by atoms with van der Waals surface area (Å²) in [5, 5.41) is 11.7. The van der Waals surface area contributed by atoms with E-state index >= 15 is 0 Å². The standard InChI is InChI=1S/C26H14F2N2O4S/c27-15-7-5-13(6-8-15)22-21(23(31)19-11-14-3-1-2-4-18(14)34-19)24(32)25(33)30(22)26-29-17-10-9-16(28)12-20(17)35-26/h1-12,22,32H. The molecule has 6 nitrogen and oxygen atoms in total. The van der Waals surface area contributed by atoms with Gasteiger partial charge in [0.1, 0.15) is 17.2 Å². The zero-order chi connectivity index (χ0) is 24.3. The average Bonchev–Trinajstić information content (AvgIpc) is 3.53. The Morgan fingerprint density at radius 2 is 1.74 bits per heavy atom. The third-order valence-electron chi connectivity index (χ3n) is 5.83. The number of furan rings is 1. The number of hydrogen-bond acceptors (Lipinski definition) is 6. The quantitative estimate of drug-likeness (QED) is 0.309. The number of carbonyl (C=O) groups is 2. The number of thiazole rings is 1. The molecule has 172 valence electrons. The van der Waals surface area contributed by atoms with Crippen LogP contribution >= 0.6 is 11.3 Å². The smallest absolute Gasteiger partial charge is 0.296 e. The number of aliphatic hydroxyl groups excluding tert-OH is 1. The molecule has 0 aliphatic carbocycles. The minimum atomic E-state index is -1.10. The van der Waals surface area contributed by atoms with Gasteiger partial charge < -0.3 is 9.52 Å². The van der Waals surface area contributed by atoms with Crippen molar-refractivity contribution >= 4 is 49.3 Å². The van der Waals surface area contributed by atoms with Crippen molar-refractivity contribution in [2.24, 2.45) is 0 Å². The predicted molar refractivity (Wildman–Crippen MR) is 126 cm³/mol. The fourth-order valence-electron chi connectivity index (χ4n) is 4.21. The maximum Gasteiger partial charge on any atom is 0.296 e. The van der Waals surface area contributed by atoms with Crippen molar-refractivity contribution in [1.82, 2.24) is 4.98 Å². The molecule has 3 aromatic carbocycles.